The second-order valence-corrected chi connectivity index (χ2v) is 7.59. The number of benzene rings is 2. The Morgan fingerprint density at radius 2 is 2.03 bits per heavy atom. The second kappa shape index (κ2) is 10.00. The fraction of sp³-hybridized carbons (Fsp3) is 0.364. The van der Waals surface area contributed by atoms with E-state index in [0.717, 1.165) is 39.3 Å². The molecule has 1 saturated heterocycles. The highest BCUT2D eigenvalue weighted by Gasteiger charge is 2.15. The van der Waals surface area contributed by atoms with Gasteiger partial charge in [0.1, 0.15) is 29.4 Å². The van der Waals surface area contributed by atoms with Crippen molar-refractivity contribution in [2.45, 2.75) is 6.42 Å². The van der Waals surface area contributed by atoms with Gasteiger partial charge >= 0.3 is 0 Å². The van der Waals surface area contributed by atoms with Crippen molar-refractivity contribution in [3.8, 4) is 17.2 Å². The summed E-state index contributed by atoms with van der Waals surface area (Å²) in [6, 6.07) is 8.49. The average molecular weight is 445 g/mol. The lowest BCUT2D eigenvalue weighted by Gasteiger charge is -2.26. The van der Waals surface area contributed by atoms with Crippen LogP contribution in [0.3, 0.4) is 0 Å². The number of aromatic nitrogens is 2. The largest absolute Gasteiger partial charge is 0.508 e. The minimum Gasteiger partial charge on any atom is -0.508 e. The predicted octanol–water partition coefficient (Wildman–Crippen LogP) is 3.84. The van der Waals surface area contributed by atoms with Crippen LogP contribution in [-0.2, 0) is 4.74 Å². The Morgan fingerprint density at radius 3 is 2.84 bits per heavy atom. The minimum absolute atomic E-state index is 0.0831. The zero-order chi connectivity index (χ0) is 21.6. The fourth-order valence-electron chi connectivity index (χ4n) is 3.50. The molecule has 0 radical (unpaired) electrons. The van der Waals surface area contributed by atoms with Crippen LogP contribution in [0.1, 0.15) is 6.42 Å². The summed E-state index contributed by atoms with van der Waals surface area (Å²) in [6.45, 7) is 4.87. The molecule has 1 aliphatic rings. The molecule has 2 N–H and O–H groups in total. The molecule has 0 spiro atoms. The predicted molar refractivity (Wildman–Crippen MR) is 120 cm³/mol. The Balaban J connectivity index is 1.55. The number of phenolic OH excluding ortho intramolecular Hbond substituents is 1. The highest BCUT2D eigenvalue weighted by molar-refractivity contribution is 6.33. The molecule has 0 aliphatic carbocycles. The summed E-state index contributed by atoms with van der Waals surface area (Å²) in [4.78, 5) is 11.0. The van der Waals surface area contributed by atoms with Gasteiger partial charge in [0, 0.05) is 37.8 Å². The quantitative estimate of drug-likeness (QED) is 0.506. The molecule has 1 aromatic heterocycles. The summed E-state index contributed by atoms with van der Waals surface area (Å²) in [6.07, 6.45) is 2.29. The molecule has 2 heterocycles. The molecule has 4 rings (SSSR count). The van der Waals surface area contributed by atoms with Crippen LogP contribution >= 0.6 is 11.6 Å². The summed E-state index contributed by atoms with van der Waals surface area (Å²) in [5, 5.41) is 14.6. The van der Waals surface area contributed by atoms with Gasteiger partial charge < -0.3 is 24.6 Å². The molecule has 3 aromatic rings. The molecule has 0 bridgehead atoms. The van der Waals surface area contributed by atoms with E-state index in [9.17, 15) is 5.11 Å². The number of methoxy groups -OCH3 is 1. The van der Waals surface area contributed by atoms with Crippen molar-refractivity contribution in [1.29, 1.82) is 0 Å². The van der Waals surface area contributed by atoms with E-state index >= 15 is 0 Å². The van der Waals surface area contributed by atoms with Crippen molar-refractivity contribution in [1.82, 2.24) is 14.9 Å². The molecule has 9 heteroatoms. The minimum atomic E-state index is 0.0831. The van der Waals surface area contributed by atoms with Crippen molar-refractivity contribution >= 4 is 34.0 Å². The summed E-state index contributed by atoms with van der Waals surface area (Å²) in [5.41, 5.74) is 1.21. The smallest absolute Gasteiger partial charge is 0.145 e. The highest BCUT2D eigenvalue weighted by Crippen LogP contribution is 2.37. The molecule has 0 saturated carbocycles. The summed E-state index contributed by atoms with van der Waals surface area (Å²) < 4.78 is 16.7. The van der Waals surface area contributed by atoms with Gasteiger partial charge in [-0.1, -0.05) is 11.6 Å². The van der Waals surface area contributed by atoms with Crippen molar-refractivity contribution in [2.24, 2.45) is 0 Å². The maximum Gasteiger partial charge on any atom is 0.145 e. The number of hydrogen-bond donors (Lipinski definition) is 2. The van der Waals surface area contributed by atoms with Gasteiger partial charge in [-0.05, 0) is 18.6 Å². The van der Waals surface area contributed by atoms with Gasteiger partial charge in [0.25, 0.3) is 0 Å². The molecule has 0 amide bonds. The standard InChI is InChI=1S/C22H25ClN4O4/c1-29-16-3-4-17(23)18(13-16)26-22-21-19(24-14-25-22)11-15(28)12-20(21)31-8-2-5-27-6-9-30-10-7-27/h3-4,11-14,28H,2,5-10H2,1H3,(H,24,25,26). The van der Waals surface area contributed by atoms with Gasteiger partial charge in [0.05, 0.1) is 48.5 Å². The second-order valence-electron chi connectivity index (χ2n) is 7.19. The van der Waals surface area contributed by atoms with E-state index in [-0.39, 0.29) is 5.75 Å². The van der Waals surface area contributed by atoms with Crippen LogP contribution in [0, 0.1) is 0 Å². The summed E-state index contributed by atoms with van der Waals surface area (Å²) in [7, 11) is 1.60. The first-order valence-corrected chi connectivity index (χ1v) is 10.5. The molecule has 0 atom stereocenters. The van der Waals surface area contributed by atoms with Crippen LogP contribution in [0.4, 0.5) is 11.5 Å². The third-order valence-electron chi connectivity index (χ3n) is 5.09. The normalized spacial score (nSPS) is 14.5. The van der Waals surface area contributed by atoms with Gasteiger partial charge in [-0.3, -0.25) is 4.90 Å². The number of halogens is 1. The van der Waals surface area contributed by atoms with E-state index in [4.69, 9.17) is 25.8 Å². The maximum atomic E-state index is 10.1. The van der Waals surface area contributed by atoms with Crippen LogP contribution < -0.4 is 14.8 Å². The lowest BCUT2D eigenvalue weighted by molar-refractivity contribution is 0.0358. The zero-order valence-electron chi connectivity index (χ0n) is 17.3. The van der Waals surface area contributed by atoms with E-state index in [1.165, 1.54) is 6.33 Å². The van der Waals surface area contributed by atoms with Crippen molar-refractivity contribution < 1.29 is 19.3 Å². The van der Waals surface area contributed by atoms with E-state index in [2.05, 4.69) is 20.2 Å². The maximum absolute atomic E-state index is 10.1. The number of ether oxygens (including phenoxy) is 3. The monoisotopic (exact) mass is 444 g/mol. The third kappa shape index (κ3) is 5.28. The Labute approximate surface area is 185 Å². The van der Waals surface area contributed by atoms with Crippen LogP contribution in [0.5, 0.6) is 17.2 Å². The first-order chi connectivity index (χ1) is 15.1. The number of fused-ring (bicyclic) bond motifs is 1. The number of phenols is 1. The number of aromatic hydroxyl groups is 1. The summed E-state index contributed by atoms with van der Waals surface area (Å²) in [5.74, 6) is 1.80. The van der Waals surface area contributed by atoms with E-state index in [1.807, 2.05) is 0 Å². The molecule has 164 valence electrons. The molecule has 0 unspecified atom stereocenters. The summed E-state index contributed by atoms with van der Waals surface area (Å²) >= 11 is 6.35. The van der Waals surface area contributed by atoms with Crippen molar-refractivity contribution in [3.05, 3.63) is 41.7 Å². The van der Waals surface area contributed by atoms with Crippen LogP contribution in [-0.4, -0.2) is 66.5 Å². The van der Waals surface area contributed by atoms with E-state index in [1.54, 1.807) is 37.4 Å². The van der Waals surface area contributed by atoms with Crippen molar-refractivity contribution in [3.63, 3.8) is 0 Å². The number of anilines is 2. The van der Waals surface area contributed by atoms with Gasteiger partial charge in [0.2, 0.25) is 0 Å². The van der Waals surface area contributed by atoms with E-state index < -0.39 is 0 Å². The van der Waals surface area contributed by atoms with Gasteiger partial charge in [-0.25, -0.2) is 9.97 Å². The van der Waals surface area contributed by atoms with Crippen LogP contribution in [0.25, 0.3) is 10.9 Å². The highest BCUT2D eigenvalue weighted by atomic mass is 35.5. The molecular weight excluding hydrogens is 420 g/mol. The number of rotatable bonds is 8. The number of nitrogens with zero attached hydrogens (tertiary/aromatic N) is 3. The lowest BCUT2D eigenvalue weighted by atomic mass is 10.2. The Bertz CT molecular complexity index is 1040. The SMILES string of the molecule is COc1ccc(Cl)c(Nc2ncnc3cc(O)cc(OCCCN4CCOCC4)c23)c1. The zero-order valence-corrected chi connectivity index (χ0v) is 18.1. The first-order valence-electron chi connectivity index (χ1n) is 10.2. The number of morpholine rings is 1. The van der Waals surface area contributed by atoms with Gasteiger partial charge in [-0.15, -0.1) is 0 Å². The Kier molecular flexibility index (Phi) is 6.91. The van der Waals surface area contributed by atoms with Crippen LogP contribution in [0.15, 0.2) is 36.7 Å². The Hall–Kier alpha value is -2.81. The van der Waals surface area contributed by atoms with Gasteiger partial charge in [0.15, 0.2) is 0 Å². The lowest BCUT2D eigenvalue weighted by Crippen LogP contribution is -2.37. The molecule has 1 fully saturated rings. The van der Waals surface area contributed by atoms with Crippen molar-refractivity contribution in [2.75, 3.05) is 51.9 Å². The first kappa shape index (κ1) is 21.4. The van der Waals surface area contributed by atoms with E-state index in [0.29, 0.717) is 45.5 Å². The average Bonchev–Trinajstić information content (AvgIpc) is 2.78. The molecular formula is C22H25ClN4O4. The van der Waals surface area contributed by atoms with Gasteiger partial charge in [-0.2, -0.15) is 0 Å². The Morgan fingerprint density at radius 1 is 1.19 bits per heavy atom. The number of nitrogens with one attached hydrogen (secondary N) is 1. The molecule has 2 aromatic carbocycles. The fourth-order valence-corrected chi connectivity index (χ4v) is 3.66. The molecule has 8 nitrogen and oxygen atoms in total. The van der Waals surface area contributed by atoms with Crippen LogP contribution in [0.2, 0.25) is 5.02 Å². The third-order valence-corrected chi connectivity index (χ3v) is 5.42. The molecule has 31 heavy (non-hydrogen) atoms. The topological polar surface area (TPSA) is 89.0 Å². The number of hydrogen-bond acceptors (Lipinski definition) is 8. The molecule has 1 aliphatic heterocycles.